The molecule has 0 aliphatic rings. The largest absolute Gasteiger partial charge is 0.490 e. The van der Waals surface area contributed by atoms with Gasteiger partial charge in [-0.05, 0) is 44.9 Å². The van der Waals surface area contributed by atoms with E-state index in [1.807, 2.05) is 20.8 Å². The van der Waals surface area contributed by atoms with Gasteiger partial charge in [0.05, 0.1) is 6.10 Å². The van der Waals surface area contributed by atoms with Crippen LogP contribution in [-0.2, 0) is 0 Å². The molecule has 90 valence electrons. The second-order valence-corrected chi connectivity index (χ2v) is 4.26. The van der Waals surface area contributed by atoms with E-state index >= 15 is 0 Å². The average molecular weight is 225 g/mol. The lowest BCUT2D eigenvalue weighted by Crippen LogP contribution is -2.14. The monoisotopic (exact) mass is 225 g/mol. The van der Waals surface area contributed by atoms with Crippen molar-refractivity contribution in [2.75, 3.05) is 0 Å². The topological polar surface area (TPSA) is 35.2 Å². The zero-order chi connectivity index (χ0) is 12.3. The van der Waals surface area contributed by atoms with Gasteiger partial charge in [-0.15, -0.1) is 0 Å². The Morgan fingerprint density at radius 3 is 2.50 bits per heavy atom. The molecule has 1 rings (SSSR count). The summed E-state index contributed by atoms with van der Waals surface area (Å²) in [5.41, 5.74) is 7.12. The number of ether oxygens (including phenoxy) is 1. The van der Waals surface area contributed by atoms with Gasteiger partial charge in [0.25, 0.3) is 0 Å². The SMILES string of the molecule is CCC(C)Oc1cc(C)c(F)cc1[C@@H](C)N. The molecule has 0 fully saturated rings. The Morgan fingerprint density at radius 1 is 1.38 bits per heavy atom. The standard InChI is InChI=1S/C13H20FNO/c1-5-9(3)16-13-6-8(2)12(14)7-11(13)10(4)15/h6-7,9-10H,5,15H2,1-4H3/t9?,10-/m1/s1. The highest BCUT2D eigenvalue weighted by atomic mass is 19.1. The fourth-order valence-corrected chi connectivity index (χ4v) is 1.43. The van der Waals surface area contributed by atoms with Crippen molar-refractivity contribution in [3.8, 4) is 5.75 Å². The van der Waals surface area contributed by atoms with Crippen LogP contribution in [0.3, 0.4) is 0 Å². The maximum absolute atomic E-state index is 13.4. The summed E-state index contributed by atoms with van der Waals surface area (Å²) in [7, 11) is 0. The van der Waals surface area contributed by atoms with Crippen molar-refractivity contribution in [3.05, 3.63) is 29.1 Å². The fourth-order valence-electron chi connectivity index (χ4n) is 1.43. The lowest BCUT2D eigenvalue weighted by molar-refractivity contribution is 0.214. The third kappa shape index (κ3) is 2.95. The molecular formula is C13H20FNO. The van der Waals surface area contributed by atoms with Crippen molar-refractivity contribution < 1.29 is 9.13 Å². The molecule has 0 saturated carbocycles. The van der Waals surface area contributed by atoms with E-state index in [9.17, 15) is 4.39 Å². The van der Waals surface area contributed by atoms with Gasteiger partial charge in [0.15, 0.2) is 0 Å². The molecule has 0 saturated heterocycles. The molecule has 0 heterocycles. The van der Waals surface area contributed by atoms with Crippen LogP contribution < -0.4 is 10.5 Å². The molecule has 1 unspecified atom stereocenters. The zero-order valence-electron chi connectivity index (χ0n) is 10.4. The Balaban J connectivity index is 3.09. The maximum Gasteiger partial charge on any atom is 0.126 e. The van der Waals surface area contributed by atoms with E-state index < -0.39 is 0 Å². The summed E-state index contributed by atoms with van der Waals surface area (Å²) in [6, 6.07) is 2.96. The van der Waals surface area contributed by atoms with Crippen LogP contribution in [0.5, 0.6) is 5.75 Å². The minimum Gasteiger partial charge on any atom is -0.490 e. The Kier molecular flexibility index (Phi) is 4.30. The molecular weight excluding hydrogens is 205 g/mol. The fraction of sp³-hybridized carbons (Fsp3) is 0.538. The molecule has 2 atom stereocenters. The van der Waals surface area contributed by atoms with Crippen LogP contribution in [0.15, 0.2) is 12.1 Å². The number of nitrogens with two attached hydrogens (primary N) is 1. The van der Waals surface area contributed by atoms with Gasteiger partial charge in [-0.1, -0.05) is 6.92 Å². The number of hydrogen-bond donors (Lipinski definition) is 1. The number of benzene rings is 1. The van der Waals surface area contributed by atoms with Gasteiger partial charge < -0.3 is 10.5 Å². The van der Waals surface area contributed by atoms with Gasteiger partial charge in [-0.3, -0.25) is 0 Å². The minimum absolute atomic E-state index is 0.113. The molecule has 0 aliphatic heterocycles. The summed E-state index contributed by atoms with van der Waals surface area (Å²) in [5.74, 6) is 0.465. The molecule has 0 radical (unpaired) electrons. The third-order valence-corrected chi connectivity index (χ3v) is 2.68. The van der Waals surface area contributed by atoms with Gasteiger partial charge in [0.1, 0.15) is 11.6 Å². The van der Waals surface area contributed by atoms with Crippen molar-refractivity contribution in [2.24, 2.45) is 5.73 Å². The van der Waals surface area contributed by atoms with Crippen molar-refractivity contribution in [1.29, 1.82) is 0 Å². The van der Waals surface area contributed by atoms with Gasteiger partial charge in [0, 0.05) is 11.6 Å². The summed E-state index contributed by atoms with van der Waals surface area (Å²) in [4.78, 5) is 0. The maximum atomic E-state index is 13.4. The molecule has 1 aromatic carbocycles. The van der Waals surface area contributed by atoms with E-state index in [1.54, 1.807) is 13.0 Å². The number of rotatable bonds is 4. The highest BCUT2D eigenvalue weighted by molar-refractivity contribution is 5.40. The summed E-state index contributed by atoms with van der Waals surface area (Å²) < 4.78 is 19.2. The first kappa shape index (κ1) is 13.0. The highest BCUT2D eigenvalue weighted by Gasteiger charge is 2.13. The van der Waals surface area contributed by atoms with Gasteiger partial charge in [-0.2, -0.15) is 0 Å². The van der Waals surface area contributed by atoms with Crippen LogP contribution >= 0.6 is 0 Å². The average Bonchev–Trinajstić information content (AvgIpc) is 2.22. The van der Waals surface area contributed by atoms with E-state index in [4.69, 9.17) is 10.5 Å². The van der Waals surface area contributed by atoms with E-state index in [2.05, 4.69) is 0 Å². The van der Waals surface area contributed by atoms with Crippen LogP contribution in [0.25, 0.3) is 0 Å². The van der Waals surface area contributed by atoms with Gasteiger partial charge >= 0.3 is 0 Å². The highest BCUT2D eigenvalue weighted by Crippen LogP contribution is 2.28. The van der Waals surface area contributed by atoms with E-state index in [0.29, 0.717) is 11.3 Å². The predicted octanol–water partition coefficient (Wildman–Crippen LogP) is 3.33. The summed E-state index contributed by atoms with van der Waals surface area (Å²) in [6.07, 6.45) is 1.02. The summed E-state index contributed by atoms with van der Waals surface area (Å²) in [5, 5.41) is 0. The van der Waals surface area contributed by atoms with E-state index in [-0.39, 0.29) is 18.0 Å². The molecule has 0 aliphatic carbocycles. The van der Waals surface area contributed by atoms with E-state index in [1.165, 1.54) is 6.07 Å². The molecule has 0 aromatic heterocycles. The lowest BCUT2D eigenvalue weighted by Gasteiger charge is -2.19. The number of aryl methyl sites for hydroxylation is 1. The van der Waals surface area contributed by atoms with Gasteiger partial charge in [0.2, 0.25) is 0 Å². The lowest BCUT2D eigenvalue weighted by atomic mass is 10.0. The molecule has 2 N–H and O–H groups in total. The predicted molar refractivity (Wildman–Crippen MR) is 64.1 cm³/mol. The molecule has 16 heavy (non-hydrogen) atoms. The Morgan fingerprint density at radius 2 is 2.00 bits per heavy atom. The molecule has 0 spiro atoms. The van der Waals surface area contributed by atoms with Crippen LogP contribution in [0.2, 0.25) is 0 Å². The normalized spacial score (nSPS) is 14.6. The molecule has 1 aromatic rings. The molecule has 0 amide bonds. The van der Waals surface area contributed by atoms with Gasteiger partial charge in [-0.25, -0.2) is 4.39 Å². The molecule has 3 heteroatoms. The minimum atomic E-state index is -0.233. The zero-order valence-corrected chi connectivity index (χ0v) is 10.4. The van der Waals surface area contributed by atoms with Crippen molar-refractivity contribution >= 4 is 0 Å². The van der Waals surface area contributed by atoms with Crippen LogP contribution in [0, 0.1) is 12.7 Å². The molecule has 0 bridgehead atoms. The van der Waals surface area contributed by atoms with Crippen LogP contribution in [-0.4, -0.2) is 6.10 Å². The first-order chi connectivity index (χ1) is 7.45. The van der Waals surface area contributed by atoms with Crippen molar-refractivity contribution in [2.45, 2.75) is 46.3 Å². The third-order valence-electron chi connectivity index (χ3n) is 2.68. The van der Waals surface area contributed by atoms with Crippen molar-refractivity contribution in [3.63, 3.8) is 0 Å². The summed E-state index contributed by atoms with van der Waals surface area (Å²) in [6.45, 7) is 7.59. The second-order valence-electron chi connectivity index (χ2n) is 4.26. The van der Waals surface area contributed by atoms with Crippen LogP contribution in [0.4, 0.5) is 4.39 Å². The number of halogens is 1. The molecule has 2 nitrogen and oxygen atoms in total. The number of hydrogen-bond acceptors (Lipinski definition) is 2. The quantitative estimate of drug-likeness (QED) is 0.853. The van der Waals surface area contributed by atoms with Crippen LogP contribution in [0.1, 0.15) is 44.4 Å². The van der Waals surface area contributed by atoms with Crippen molar-refractivity contribution in [1.82, 2.24) is 0 Å². The smallest absolute Gasteiger partial charge is 0.126 e. The Labute approximate surface area is 96.6 Å². The first-order valence-electron chi connectivity index (χ1n) is 5.68. The summed E-state index contributed by atoms with van der Waals surface area (Å²) >= 11 is 0. The second kappa shape index (κ2) is 5.30. The Bertz CT molecular complexity index is 363. The Hall–Kier alpha value is -1.09. The van der Waals surface area contributed by atoms with E-state index in [0.717, 1.165) is 12.0 Å². The first-order valence-corrected chi connectivity index (χ1v) is 5.68.